The number of hydrogen-bond donors (Lipinski definition) is 1. The molecule has 3 aromatic rings. The van der Waals surface area contributed by atoms with Gasteiger partial charge in [-0.2, -0.15) is 5.10 Å². The van der Waals surface area contributed by atoms with Crippen LogP contribution in [0.1, 0.15) is 41.2 Å². The van der Waals surface area contributed by atoms with Gasteiger partial charge in [-0.3, -0.25) is 9.78 Å². The minimum absolute atomic E-state index is 0.0733. The predicted octanol–water partition coefficient (Wildman–Crippen LogP) is 3.28. The van der Waals surface area contributed by atoms with Crippen LogP contribution in [0.5, 0.6) is 0 Å². The number of carbonyl (C=O) groups excluding carboxylic acids is 1. The van der Waals surface area contributed by atoms with Crippen LogP contribution in [0.25, 0.3) is 0 Å². The number of hydrogen-bond acceptors (Lipinski definition) is 6. The zero-order valence-electron chi connectivity index (χ0n) is 16.4. The lowest BCUT2D eigenvalue weighted by Crippen LogP contribution is -2.26. The fourth-order valence-electron chi connectivity index (χ4n) is 2.84. The van der Waals surface area contributed by atoms with E-state index in [1.54, 1.807) is 36.5 Å². The molecule has 0 spiro atoms. The van der Waals surface area contributed by atoms with E-state index in [2.05, 4.69) is 39.3 Å². The van der Waals surface area contributed by atoms with Gasteiger partial charge in [0.05, 0.1) is 11.4 Å². The minimum atomic E-state index is -0.0733. The number of carbonyl (C=O) groups is 1. The lowest BCUT2D eigenvalue weighted by molar-refractivity contribution is 0.0993. The van der Waals surface area contributed by atoms with Crippen LogP contribution in [0.3, 0.4) is 0 Å². The van der Waals surface area contributed by atoms with Crippen LogP contribution >= 0.6 is 0 Å². The van der Waals surface area contributed by atoms with Gasteiger partial charge >= 0.3 is 0 Å². The molecule has 2 heterocycles. The van der Waals surface area contributed by atoms with E-state index in [0.717, 1.165) is 35.5 Å². The first-order chi connectivity index (χ1) is 13.6. The van der Waals surface area contributed by atoms with Gasteiger partial charge in [0.15, 0.2) is 0 Å². The van der Waals surface area contributed by atoms with E-state index >= 15 is 0 Å². The van der Waals surface area contributed by atoms with E-state index in [1.165, 1.54) is 0 Å². The van der Waals surface area contributed by atoms with Gasteiger partial charge in [-0.05, 0) is 42.7 Å². The molecule has 0 bridgehead atoms. The second-order valence-corrected chi connectivity index (χ2v) is 6.36. The molecule has 3 rings (SSSR count). The molecule has 2 aromatic heterocycles. The Morgan fingerprint density at radius 3 is 2.29 bits per heavy atom. The number of nitrogens with zero attached hydrogens (tertiary/aromatic N) is 5. The van der Waals surface area contributed by atoms with Crippen LogP contribution in [0.4, 0.5) is 11.6 Å². The second kappa shape index (κ2) is 9.03. The first-order valence-electron chi connectivity index (χ1n) is 9.35. The van der Waals surface area contributed by atoms with Crippen LogP contribution < -0.4 is 10.2 Å². The number of pyridine rings is 1. The van der Waals surface area contributed by atoms with Crippen molar-refractivity contribution >= 4 is 17.5 Å². The fraction of sp³-hybridized carbons (Fsp3) is 0.286. The lowest BCUT2D eigenvalue weighted by atomic mass is 10.1. The van der Waals surface area contributed by atoms with E-state index < -0.39 is 0 Å². The molecule has 0 atom stereocenters. The number of anilines is 2. The first-order valence-corrected chi connectivity index (χ1v) is 9.35. The summed E-state index contributed by atoms with van der Waals surface area (Å²) >= 11 is 0. The summed E-state index contributed by atoms with van der Waals surface area (Å²) < 4.78 is 0. The van der Waals surface area contributed by atoms with Crippen LogP contribution in [0, 0.1) is 0 Å². The molecular formula is C21H24N6O. The molecule has 0 radical (unpaired) electrons. The van der Waals surface area contributed by atoms with Gasteiger partial charge in [-0.15, -0.1) is 5.10 Å². The smallest absolute Gasteiger partial charge is 0.258 e. The van der Waals surface area contributed by atoms with Gasteiger partial charge in [-0.1, -0.05) is 26.0 Å². The van der Waals surface area contributed by atoms with E-state index in [0.29, 0.717) is 18.1 Å². The number of benzene rings is 1. The third kappa shape index (κ3) is 4.49. The maximum Gasteiger partial charge on any atom is 0.258 e. The Morgan fingerprint density at radius 1 is 0.964 bits per heavy atom. The van der Waals surface area contributed by atoms with Crippen molar-refractivity contribution in [2.45, 2.75) is 33.2 Å². The molecule has 0 aliphatic carbocycles. The number of aryl methyl sites for hydroxylation is 2. The minimum Gasteiger partial charge on any atom is -0.349 e. The monoisotopic (exact) mass is 376 g/mol. The predicted molar refractivity (Wildman–Crippen MR) is 109 cm³/mol. The van der Waals surface area contributed by atoms with Gasteiger partial charge in [0.25, 0.3) is 5.91 Å². The highest BCUT2D eigenvalue weighted by Crippen LogP contribution is 2.17. The van der Waals surface area contributed by atoms with E-state index in [4.69, 9.17) is 0 Å². The molecular weight excluding hydrogens is 352 g/mol. The summed E-state index contributed by atoms with van der Waals surface area (Å²) in [5, 5.41) is 11.6. The Hall–Kier alpha value is -3.35. The third-order valence-corrected chi connectivity index (χ3v) is 4.52. The van der Waals surface area contributed by atoms with Crippen molar-refractivity contribution < 1.29 is 4.79 Å². The summed E-state index contributed by atoms with van der Waals surface area (Å²) in [5.74, 6) is 0.457. The number of amides is 1. The van der Waals surface area contributed by atoms with Crippen molar-refractivity contribution in [1.29, 1.82) is 0 Å². The standard InChI is InChI=1S/C21H24N6O/c1-4-18-19(5-2)25-26-21(24-18)23-14-15-6-8-17(9-7-15)27(3)20(28)16-10-12-22-13-11-16/h6-13H,4-5,14H2,1-3H3,(H,23,24,26). The van der Waals surface area contributed by atoms with Crippen LogP contribution in [-0.4, -0.2) is 33.1 Å². The van der Waals surface area contributed by atoms with Gasteiger partial charge in [0.1, 0.15) is 0 Å². The fourth-order valence-corrected chi connectivity index (χ4v) is 2.84. The Labute approximate surface area is 164 Å². The van der Waals surface area contributed by atoms with Gasteiger partial charge < -0.3 is 10.2 Å². The zero-order valence-corrected chi connectivity index (χ0v) is 16.4. The maximum absolute atomic E-state index is 12.5. The molecule has 0 fully saturated rings. The summed E-state index contributed by atoms with van der Waals surface area (Å²) in [5.41, 5.74) is 4.42. The molecule has 0 saturated carbocycles. The molecule has 0 saturated heterocycles. The summed E-state index contributed by atoms with van der Waals surface area (Å²) in [6, 6.07) is 11.2. The molecule has 7 nitrogen and oxygen atoms in total. The van der Waals surface area contributed by atoms with Crippen molar-refractivity contribution in [2.75, 3.05) is 17.3 Å². The molecule has 1 aromatic carbocycles. The van der Waals surface area contributed by atoms with Crippen LogP contribution in [0.15, 0.2) is 48.8 Å². The molecule has 0 unspecified atom stereocenters. The number of nitrogens with one attached hydrogen (secondary N) is 1. The molecule has 28 heavy (non-hydrogen) atoms. The summed E-state index contributed by atoms with van der Waals surface area (Å²) in [7, 11) is 1.76. The average molecular weight is 376 g/mol. The average Bonchev–Trinajstić information content (AvgIpc) is 2.77. The highest BCUT2D eigenvalue weighted by molar-refractivity contribution is 6.05. The molecule has 1 amide bonds. The van der Waals surface area contributed by atoms with Crippen molar-refractivity contribution in [3.63, 3.8) is 0 Å². The SMILES string of the molecule is CCc1nnc(NCc2ccc(N(C)C(=O)c3ccncc3)cc2)nc1CC. The Bertz CT molecular complexity index is 927. The molecule has 0 aliphatic rings. The molecule has 7 heteroatoms. The lowest BCUT2D eigenvalue weighted by Gasteiger charge is -2.17. The Balaban J connectivity index is 1.64. The van der Waals surface area contributed by atoms with E-state index in [9.17, 15) is 4.79 Å². The van der Waals surface area contributed by atoms with Crippen LogP contribution in [0.2, 0.25) is 0 Å². The quantitative estimate of drug-likeness (QED) is 0.681. The number of rotatable bonds is 7. The van der Waals surface area contributed by atoms with Crippen molar-refractivity contribution in [3.8, 4) is 0 Å². The highest BCUT2D eigenvalue weighted by Gasteiger charge is 2.13. The topological polar surface area (TPSA) is 83.9 Å². The molecule has 144 valence electrons. The Kier molecular flexibility index (Phi) is 6.26. The first kappa shape index (κ1) is 19.4. The number of aromatic nitrogens is 4. The highest BCUT2D eigenvalue weighted by atomic mass is 16.2. The van der Waals surface area contributed by atoms with Gasteiger partial charge in [0, 0.05) is 37.2 Å². The van der Waals surface area contributed by atoms with E-state index in [-0.39, 0.29) is 5.91 Å². The van der Waals surface area contributed by atoms with Crippen molar-refractivity contribution in [3.05, 3.63) is 71.3 Å². The summed E-state index contributed by atoms with van der Waals surface area (Å²) in [6.07, 6.45) is 4.89. The third-order valence-electron chi connectivity index (χ3n) is 4.52. The van der Waals surface area contributed by atoms with Crippen molar-refractivity contribution in [2.24, 2.45) is 0 Å². The van der Waals surface area contributed by atoms with Gasteiger partial charge in [0.2, 0.25) is 5.95 Å². The normalized spacial score (nSPS) is 10.5. The van der Waals surface area contributed by atoms with Crippen LogP contribution in [-0.2, 0) is 19.4 Å². The molecule has 1 N–H and O–H groups in total. The maximum atomic E-state index is 12.5. The largest absolute Gasteiger partial charge is 0.349 e. The summed E-state index contributed by atoms with van der Waals surface area (Å²) in [6.45, 7) is 4.70. The zero-order chi connectivity index (χ0) is 19.9. The Morgan fingerprint density at radius 2 is 1.64 bits per heavy atom. The van der Waals surface area contributed by atoms with E-state index in [1.807, 2.05) is 24.3 Å². The van der Waals surface area contributed by atoms with Crippen molar-refractivity contribution in [1.82, 2.24) is 20.2 Å². The molecule has 0 aliphatic heterocycles. The second-order valence-electron chi connectivity index (χ2n) is 6.36. The summed E-state index contributed by atoms with van der Waals surface area (Å²) in [4.78, 5) is 22.6. The van der Waals surface area contributed by atoms with Gasteiger partial charge in [-0.25, -0.2) is 4.98 Å².